The molecule has 0 aliphatic carbocycles. The van der Waals surface area contributed by atoms with E-state index in [1.54, 1.807) is 0 Å². The van der Waals surface area contributed by atoms with Crippen molar-refractivity contribution in [2.75, 3.05) is 0 Å². The van der Waals surface area contributed by atoms with Crippen molar-refractivity contribution in [2.45, 2.75) is 117 Å². The van der Waals surface area contributed by atoms with Crippen LogP contribution in [0.15, 0.2) is 176 Å². The van der Waals surface area contributed by atoms with Crippen molar-refractivity contribution < 1.29 is 30.4 Å². The summed E-state index contributed by atoms with van der Waals surface area (Å²) in [4.78, 5) is 4.98. The normalized spacial score (nSPS) is 12.6. The smallest absolute Gasteiger partial charge is 0.267 e. The van der Waals surface area contributed by atoms with Crippen LogP contribution >= 0.6 is 0 Å². The van der Waals surface area contributed by atoms with Crippen LogP contribution in [0.5, 0.6) is 11.5 Å². The van der Waals surface area contributed by atoms with Gasteiger partial charge in [-0.05, 0) is 102 Å². The van der Waals surface area contributed by atoms with Gasteiger partial charge in [0.1, 0.15) is 5.82 Å². The average Bonchev–Trinajstić information content (AvgIpc) is 3.97. The minimum atomic E-state index is -0.398. The van der Waals surface area contributed by atoms with Gasteiger partial charge in [0.2, 0.25) is 0 Å². The maximum Gasteiger partial charge on any atom is 0.267 e. The molecule has 3 heterocycles. The van der Waals surface area contributed by atoms with Crippen molar-refractivity contribution in [2.24, 2.45) is 0 Å². The van der Waals surface area contributed by atoms with Crippen LogP contribution in [0.3, 0.4) is 0 Å². The van der Waals surface area contributed by atoms with E-state index in [0.29, 0.717) is 11.5 Å². The van der Waals surface area contributed by atoms with Crippen molar-refractivity contribution in [1.29, 1.82) is 0 Å². The number of fused-ring (bicyclic) bond motifs is 3. The number of hydrogen-bond acceptors (Lipinski definition) is 2. The molecule has 74 heavy (non-hydrogen) atoms. The molecule has 0 aliphatic heterocycles. The summed E-state index contributed by atoms with van der Waals surface area (Å²) in [6.07, 6.45) is 8.01. The predicted molar refractivity (Wildman–Crippen MR) is 301 cm³/mol. The largest absolute Gasteiger partial charge is 0.510 e. The van der Waals surface area contributed by atoms with E-state index in [-0.39, 0.29) is 42.7 Å². The number of imidazole rings is 1. The molecule has 0 amide bonds. The van der Waals surface area contributed by atoms with Crippen LogP contribution in [0.2, 0.25) is 0 Å². The maximum absolute atomic E-state index is 7.06. The van der Waals surface area contributed by atoms with E-state index in [2.05, 4.69) is 286 Å². The van der Waals surface area contributed by atoms with E-state index in [9.17, 15) is 0 Å². The van der Waals surface area contributed by atoms with Crippen molar-refractivity contribution in [3.63, 3.8) is 0 Å². The fourth-order valence-electron chi connectivity index (χ4n) is 10.0. The summed E-state index contributed by atoms with van der Waals surface area (Å²) in [6.45, 7) is 29.5. The topological polar surface area (TPSA) is 35.9 Å². The van der Waals surface area contributed by atoms with Gasteiger partial charge < -0.3 is 13.9 Å². The fraction of sp³-hybridized carbons (Fsp3) is 0.265. The molecule has 5 nitrogen and oxygen atoms in total. The minimum absolute atomic E-state index is 0. The zero-order valence-corrected chi connectivity index (χ0v) is 47.5. The Kier molecular flexibility index (Phi) is 13.7. The number of ether oxygens (including phenoxy) is 1. The standard InChI is InChI=1S/C68H68N4O.Pt/c1-64(2,3)50-29-32-60-59(40-50)58-31-30-56(43-61(58)72(60)63-41-51(33-34-69-63)65(4,5)6)73-57-39-53(68(12,13)49-27-21-16-22-28-49)38-55(42-57)71-45-70(44-62(71)66(7,8)9)54-36-47(46-23-17-14-18-24-46)35-52(37-54)67(10,11)48-25-19-15-20-26-48;/h14-41,44H,1-13H3;/q-2;. The van der Waals surface area contributed by atoms with Gasteiger partial charge in [-0.3, -0.25) is 4.57 Å². The van der Waals surface area contributed by atoms with E-state index < -0.39 is 5.41 Å². The molecule has 6 heteroatoms. The fourth-order valence-corrected chi connectivity index (χ4v) is 10.0. The first-order valence-electron chi connectivity index (χ1n) is 25.7. The third-order valence-electron chi connectivity index (χ3n) is 14.9. The van der Waals surface area contributed by atoms with E-state index >= 15 is 0 Å². The van der Waals surface area contributed by atoms with Gasteiger partial charge in [0.25, 0.3) is 6.33 Å². The second-order valence-electron chi connectivity index (χ2n) is 24.0. The molecule has 0 spiro atoms. The molecule has 0 radical (unpaired) electrons. The Morgan fingerprint density at radius 2 is 1.07 bits per heavy atom. The second-order valence-corrected chi connectivity index (χ2v) is 24.0. The molecule has 378 valence electrons. The number of pyridine rings is 1. The number of nitrogens with zero attached hydrogens (tertiary/aromatic N) is 4. The molecule has 3 aromatic heterocycles. The first kappa shape index (κ1) is 52.1. The van der Waals surface area contributed by atoms with Crippen LogP contribution in [0.1, 0.15) is 129 Å². The summed E-state index contributed by atoms with van der Waals surface area (Å²) in [5.74, 6) is 2.02. The SMILES string of the molecule is CC(C)(C)c1ccnc(-n2c3[c-]c(Oc4[c-]c(-n5[c-][n+](-c6cc(-c7ccccc7)cc(C(C)(C)c7ccccc7)c6)cc5C(C)(C)C)cc(C(C)(C)c5ccccc5)c4)ccc3c3cc(C(C)(C)C)ccc32)c1.[Pt]. The van der Waals surface area contributed by atoms with Crippen LogP contribution in [-0.4, -0.2) is 14.1 Å². The molecule has 0 saturated carbocycles. The van der Waals surface area contributed by atoms with Crippen LogP contribution in [0.25, 0.3) is 50.1 Å². The number of hydrogen-bond donors (Lipinski definition) is 0. The van der Waals surface area contributed by atoms with Crippen LogP contribution in [0, 0.1) is 18.5 Å². The molecule has 10 aromatic rings. The third kappa shape index (κ3) is 10.1. The average molecular weight is 1150 g/mol. The Balaban J connectivity index is 0.00000672. The van der Waals surface area contributed by atoms with Crippen LogP contribution < -0.4 is 9.30 Å². The maximum atomic E-state index is 7.06. The van der Waals surface area contributed by atoms with Gasteiger partial charge in [-0.25, -0.2) is 4.98 Å². The van der Waals surface area contributed by atoms with Crippen LogP contribution in [0.4, 0.5) is 0 Å². The summed E-state index contributed by atoms with van der Waals surface area (Å²) in [5, 5.41) is 2.25. The number of benzene rings is 7. The number of rotatable bonds is 10. The van der Waals surface area contributed by atoms with Gasteiger partial charge in [0.15, 0.2) is 0 Å². The Bertz CT molecular complexity index is 3640. The molecular weight excluding hydrogens is 1080 g/mol. The first-order chi connectivity index (χ1) is 34.6. The Morgan fingerprint density at radius 3 is 1.68 bits per heavy atom. The van der Waals surface area contributed by atoms with E-state index in [4.69, 9.17) is 9.72 Å². The summed E-state index contributed by atoms with van der Waals surface area (Å²) in [5.41, 5.74) is 13.4. The van der Waals surface area contributed by atoms with Gasteiger partial charge in [-0.15, -0.1) is 35.2 Å². The summed E-state index contributed by atoms with van der Waals surface area (Å²) < 4.78 is 13.6. The van der Waals surface area contributed by atoms with E-state index in [0.717, 1.165) is 61.4 Å². The molecular formula is C68H68N4OPt-2. The summed E-state index contributed by atoms with van der Waals surface area (Å²) >= 11 is 0. The molecule has 0 fully saturated rings. The van der Waals surface area contributed by atoms with Gasteiger partial charge in [0.05, 0.1) is 11.4 Å². The Hall–Kier alpha value is -6.81. The molecule has 0 N–H and O–H groups in total. The monoisotopic (exact) mass is 1150 g/mol. The molecule has 0 unspecified atom stereocenters. The Morgan fingerprint density at radius 1 is 0.473 bits per heavy atom. The van der Waals surface area contributed by atoms with Gasteiger partial charge in [-0.2, -0.15) is 12.1 Å². The Labute approximate surface area is 454 Å². The zero-order valence-electron chi connectivity index (χ0n) is 45.3. The van der Waals surface area contributed by atoms with Gasteiger partial charge >= 0.3 is 0 Å². The van der Waals surface area contributed by atoms with E-state index in [1.165, 1.54) is 27.8 Å². The van der Waals surface area contributed by atoms with Gasteiger partial charge in [-0.1, -0.05) is 205 Å². The zero-order chi connectivity index (χ0) is 51.7. The summed E-state index contributed by atoms with van der Waals surface area (Å²) in [7, 11) is 0. The molecule has 0 saturated heterocycles. The molecule has 0 bridgehead atoms. The molecule has 0 aliphatic rings. The first-order valence-corrected chi connectivity index (χ1v) is 25.7. The molecule has 7 aromatic carbocycles. The quantitative estimate of drug-likeness (QED) is 0.101. The molecule has 10 rings (SSSR count). The van der Waals surface area contributed by atoms with Crippen molar-refractivity contribution in [3.05, 3.63) is 234 Å². The van der Waals surface area contributed by atoms with Crippen molar-refractivity contribution in [1.82, 2.24) is 14.1 Å². The predicted octanol–water partition coefficient (Wildman–Crippen LogP) is 16.6. The van der Waals surface area contributed by atoms with Crippen molar-refractivity contribution in [3.8, 4) is 39.8 Å². The second kappa shape index (κ2) is 19.5. The van der Waals surface area contributed by atoms with Crippen molar-refractivity contribution >= 4 is 21.8 Å². The van der Waals surface area contributed by atoms with Crippen LogP contribution in [-0.2, 0) is 48.1 Å². The minimum Gasteiger partial charge on any atom is -0.510 e. The number of aromatic nitrogens is 4. The molecule has 0 atom stereocenters. The third-order valence-corrected chi connectivity index (χ3v) is 14.9. The summed E-state index contributed by atoms with van der Waals surface area (Å²) in [6, 6.07) is 66.4. The van der Waals surface area contributed by atoms with Gasteiger partial charge in [0, 0.05) is 55.9 Å². The van der Waals surface area contributed by atoms with E-state index in [1.807, 2.05) is 12.3 Å².